The van der Waals surface area contributed by atoms with Crippen LogP contribution in [0.3, 0.4) is 0 Å². The van der Waals surface area contributed by atoms with Crippen LogP contribution in [-0.2, 0) is 9.63 Å². The van der Waals surface area contributed by atoms with Gasteiger partial charge in [0.2, 0.25) is 0 Å². The molecule has 0 spiro atoms. The number of oxime groups is 1. The van der Waals surface area contributed by atoms with Crippen molar-refractivity contribution < 1.29 is 9.63 Å². The third-order valence-electron chi connectivity index (χ3n) is 5.39. The van der Waals surface area contributed by atoms with Gasteiger partial charge in [-0.3, -0.25) is 4.79 Å². The first kappa shape index (κ1) is 15.6. The fourth-order valence-corrected chi connectivity index (χ4v) is 4.07. The third kappa shape index (κ3) is 3.18. The molecule has 2 fully saturated rings. The lowest BCUT2D eigenvalue weighted by Crippen LogP contribution is -2.45. The summed E-state index contributed by atoms with van der Waals surface area (Å²) in [6.45, 7) is 4.23. The fraction of sp³-hybridized carbons (Fsp3) is 0.579. The summed E-state index contributed by atoms with van der Waals surface area (Å²) in [4.78, 5) is 23.0. The van der Waals surface area contributed by atoms with Gasteiger partial charge in [-0.15, -0.1) is 0 Å². The predicted molar refractivity (Wildman–Crippen MR) is 92.7 cm³/mol. The van der Waals surface area contributed by atoms with Gasteiger partial charge in [0.1, 0.15) is 5.71 Å². The van der Waals surface area contributed by atoms with E-state index in [9.17, 15) is 4.79 Å². The van der Waals surface area contributed by atoms with Crippen molar-refractivity contribution in [3.63, 3.8) is 0 Å². The quantitative estimate of drug-likeness (QED) is 0.854. The Balaban J connectivity index is 1.38. The van der Waals surface area contributed by atoms with Crippen LogP contribution in [-0.4, -0.2) is 53.6 Å². The van der Waals surface area contributed by atoms with Crippen molar-refractivity contribution in [1.82, 2.24) is 9.80 Å². The minimum atomic E-state index is -0.121. The molecule has 2 unspecified atom stereocenters. The van der Waals surface area contributed by atoms with Gasteiger partial charge in [-0.1, -0.05) is 35.5 Å². The van der Waals surface area contributed by atoms with E-state index >= 15 is 0 Å². The molecule has 0 radical (unpaired) electrons. The Kier molecular flexibility index (Phi) is 4.52. The molecule has 0 aliphatic carbocycles. The van der Waals surface area contributed by atoms with Gasteiger partial charge in [-0.2, -0.15) is 0 Å². The van der Waals surface area contributed by atoms with Gasteiger partial charge in [0.25, 0.3) is 5.91 Å². The van der Waals surface area contributed by atoms with Gasteiger partial charge in [-0.25, -0.2) is 0 Å². The van der Waals surface area contributed by atoms with E-state index in [1.54, 1.807) is 0 Å². The Morgan fingerprint density at radius 2 is 1.92 bits per heavy atom. The maximum Gasteiger partial charge on any atom is 0.272 e. The number of nitrogens with zero attached hydrogens (tertiary/aromatic N) is 3. The van der Waals surface area contributed by atoms with Crippen LogP contribution in [0.25, 0.3) is 0 Å². The molecule has 4 rings (SSSR count). The zero-order valence-electron chi connectivity index (χ0n) is 14.1. The molecule has 3 aliphatic heterocycles. The molecule has 2 saturated heterocycles. The Hall–Kier alpha value is -1.88. The van der Waals surface area contributed by atoms with Crippen LogP contribution in [0.1, 0.15) is 43.8 Å². The summed E-state index contributed by atoms with van der Waals surface area (Å²) < 4.78 is 0. The fourth-order valence-electron chi connectivity index (χ4n) is 4.07. The first-order valence-electron chi connectivity index (χ1n) is 9.12. The second-order valence-corrected chi connectivity index (χ2v) is 7.05. The summed E-state index contributed by atoms with van der Waals surface area (Å²) in [5.74, 6) is 0.0788. The molecule has 1 aromatic rings. The molecule has 24 heavy (non-hydrogen) atoms. The van der Waals surface area contributed by atoms with Crippen LogP contribution in [0.2, 0.25) is 0 Å². The monoisotopic (exact) mass is 327 g/mol. The average molecular weight is 327 g/mol. The molecule has 2 atom stereocenters. The number of hydrogen-bond donors (Lipinski definition) is 0. The summed E-state index contributed by atoms with van der Waals surface area (Å²) >= 11 is 0. The van der Waals surface area contributed by atoms with Crippen LogP contribution < -0.4 is 0 Å². The van der Waals surface area contributed by atoms with Gasteiger partial charge in [0.05, 0.1) is 0 Å². The highest BCUT2D eigenvalue weighted by Crippen LogP contribution is 2.29. The molecule has 0 bridgehead atoms. The highest BCUT2D eigenvalue weighted by molar-refractivity contribution is 6.39. The van der Waals surface area contributed by atoms with E-state index < -0.39 is 0 Å². The van der Waals surface area contributed by atoms with Crippen molar-refractivity contribution in [2.75, 3.05) is 26.2 Å². The van der Waals surface area contributed by atoms with Crippen molar-refractivity contribution in [3.05, 3.63) is 35.9 Å². The summed E-state index contributed by atoms with van der Waals surface area (Å²) in [6, 6.07) is 10.4. The van der Waals surface area contributed by atoms with Crippen LogP contribution in [0.15, 0.2) is 35.5 Å². The second-order valence-electron chi connectivity index (χ2n) is 7.05. The van der Waals surface area contributed by atoms with Crippen molar-refractivity contribution in [1.29, 1.82) is 0 Å². The molecular formula is C19H25N3O2. The van der Waals surface area contributed by atoms with Crippen molar-refractivity contribution in [2.24, 2.45) is 5.16 Å². The van der Waals surface area contributed by atoms with Crippen molar-refractivity contribution in [3.8, 4) is 0 Å². The smallest absolute Gasteiger partial charge is 0.272 e. The lowest BCUT2D eigenvalue weighted by atomic mass is 10.0. The lowest BCUT2D eigenvalue weighted by Gasteiger charge is -2.28. The maximum atomic E-state index is 12.9. The topological polar surface area (TPSA) is 45.1 Å². The molecular weight excluding hydrogens is 302 g/mol. The zero-order chi connectivity index (χ0) is 16.4. The maximum absolute atomic E-state index is 12.9. The zero-order valence-corrected chi connectivity index (χ0v) is 14.1. The van der Waals surface area contributed by atoms with E-state index in [-0.39, 0.29) is 12.0 Å². The Morgan fingerprint density at radius 1 is 1.12 bits per heavy atom. The number of hydrogen-bond acceptors (Lipinski definition) is 4. The minimum absolute atomic E-state index is 0.0788. The van der Waals surface area contributed by atoms with Crippen LogP contribution >= 0.6 is 0 Å². The van der Waals surface area contributed by atoms with Crippen LogP contribution in [0.4, 0.5) is 0 Å². The summed E-state index contributed by atoms with van der Waals surface area (Å²) in [7, 11) is 0. The van der Waals surface area contributed by atoms with E-state index in [4.69, 9.17) is 4.84 Å². The molecule has 0 saturated carbocycles. The number of rotatable bonds is 4. The Morgan fingerprint density at radius 3 is 2.71 bits per heavy atom. The highest BCUT2D eigenvalue weighted by Gasteiger charge is 2.36. The molecule has 0 N–H and O–H groups in total. The van der Waals surface area contributed by atoms with Gasteiger partial charge in [0.15, 0.2) is 6.10 Å². The largest absolute Gasteiger partial charge is 0.387 e. The van der Waals surface area contributed by atoms with Gasteiger partial charge in [0, 0.05) is 25.6 Å². The SMILES string of the molecule is O=C(C1=NOC(c2ccccc2)C1)N1CCCC1CN1CCCC1. The number of carbonyl (C=O) groups is 1. The molecule has 3 aliphatic rings. The van der Waals surface area contributed by atoms with Crippen molar-refractivity contribution >= 4 is 11.6 Å². The van der Waals surface area contributed by atoms with E-state index in [1.165, 1.54) is 25.9 Å². The Bertz CT molecular complexity index is 610. The first-order valence-corrected chi connectivity index (χ1v) is 9.12. The molecule has 3 heterocycles. The second kappa shape index (κ2) is 6.93. The first-order chi connectivity index (χ1) is 11.8. The summed E-state index contributed by atoms with van der Waals surface area (Å²) in [6.07, 6.45) is 5.25. The van der Waals surface area contributed by atoms with E-state index in [2.05, 4.69) is 10.1 Å². The third-order valence-corrected chi connectivity index (χ3v) is 5.39. The molecule has 0 aromatic heterocycles. The van der Waals surface area contributed by atoms with Gasteiger partial charge < -0.3 is 14.6 Å². The number of amides is 1. The lowest BCUT2D eigenvalue weighted by molar-refractivity contribution is -0.125. The predicted octanol–water partition coefficient (Wildman–Crippen LogP) is 2.59. The van der Waals surface area contributed by atoms with Gasteiger partial charge >= 0.3 is 0 Å². The standard InChI is InChI=1S/C19H25N3O2/c23-19(17-13-18(24-20-17)15-7-2-1-3-8-15)22-12-6-9-16(22)14-21-10-4-5-11-21/h1-3,7-8,16,18H,4-6,9-14H2. The number of likely N-dealkylation sites (tertiary alicyclic amines) is 2. The molecule has 5 heteroatoms. The van der Waals surface area contributed by atoms with Crippen LogP contribution in [0, 0.1) is 0 Å². The van der Waals surface area contributed by atoms with E-state index in [0.717, 1.165) is 31.5 Å². The molecule has 1 aromatic carbocycles. The van der Waals surface area contributed by atoms with Gasteiger partial charge in [-0.05, 0) is 44.3 Å². The Labute approximate surface area is 143 Å². The van der Waals surface area contributed by atoms with Crippen molar-refractivity contribution in [2.45, 2.75) is 44.2 Å². The summed E-state index contributed by atoms with van der Waals surface area (Å²) in [5.41, 5.74) is 1.66. The highest BCUT2D eigenvalue weighted by atomic mass is 16.6. The molecule has 5 nitrogen and oxygen atoms in total. The number of carbonyl (C=O) groups excluding carboxylic acids is 1. The van der Waals surface area contributed by atoms with Crippen LogP contribution in [0.5, 0.6) is 0 Å². The van der Waals surface area contributed by atoms with E-state index in [1.807, 2.05) is 35.2 Å². The van der Waals surface area contributed by atoms with E-state index in [0.29, 0.717) is 18.2 Å². The number of benzene rings is 1. The molecule has 128 valence electrons. The molecule has 1 amide bonds. The normalized spacial score (nSPS) is 27.3. The minimum Gasteiger partial charge on any atom is -0.387 e. The summed E-state index contributed by atoms with van der Waals surface area (Å²) in [5, 5.41) is 4.12. The average Bonchev–Trinajstić information content (AvgIpc) is 3.37.